The number of benzene rings is 1. The van der Waals surface area contributed by atoms with Gasteiger partial charge in [0.05, 0.1) is 0 Å². The van der Waals surface area contributed by atoms with Crippen LogP contribution in [0.4, 0.5) is 10.5 Å². The molecule has 6 heteroatoms. The largest absolute Gasteiger partial charge is 0.350 e. The Labute approximate surface area is 123 Å². The van der Waals surface area contributed by atoms with E-state index in [9.17, 15) is 9.59 Å². The second-order valence-electron chi connectivity index (χ2n) is 5.43. The topological polar surface area (TPSA) is 73.5 Å². The summed E-state index contributed by atoms with van der Waals surface area (Å²) in [5.74, 6) is -0.0684. The molecular weight excluding hydrogens is 268 g/mol. The molecule has 0 radical (unpaired) electrons. The van der Waals surface area contributed by atoms with Gasteiger partial charge in [0.15, 0.2) is 0 Å². The second kappa shape index (κ2) is 6.13. The first-order chi connectivity index (χ1) is 10.2. The molecule has 6 nitrogen and oxygen atoms in total. The third-order valence-electron chi connectivity index (χ3n) is 3.97. The molecule has 1 aromatic carbocycles. The van der Waals surface area contributed by atoms with E-state index in [4.69, 9.17) is 0 Å². The molecule has 1 aromatic rings. The van der Waals surface area contributed by atoms with Crippen molar-refractivity contribution in [3.05, 3.63) is 29.8 Å². The van der Waals surface area contributed by atoms with Crippen molar-refractivity contribution in [1.82, 2.24) is 16.0 Å². The van der Waals surface area contributed by atoms with Crippen molar-refractivity contribution in [1.29, 1.82) is 0 Å². The fourth-order valence-electron chi connectivity index (χ4n) is 2.76. The Kier molecular flexibility index (Phi) is 4.06. The summed E-state index contributed by atoms with van der Waals surface area (Å²) >= 11 is 0. The van der Waals surface area contributed by atoms with Crippen molar-refractivity contribution in [3.8, 4) is 0 Å². The van der Waals surface area contributed by atoms with E-state index in [1.54, 1.807) is 17.0 Å². The number of amides is 3. The predicted octanol–water partition coefficient (Wildman–Crippen LogP) is 0.698. The predicted molar refractivity (Wildman–Crippen MR) is 80.5 cm³/mol. The monoisotopic (exact) mass is 288 g/mol. The number of nitrogens with zero attached hydrogens (tertiary/aromatic N) is 1. The van der Waals surface area contributed by atoms with Crippen LogP contribution in [0.25, 0.3) is 0 Å². The highest BCUT2D eigenvalue weighted by molar-refractivity contribution is 5.97. The van der Waals surface area contributed by atoms with E-state index in [0.29, 0.717) is 31.2 Å². The Morgan fingerprint density at radius 1 is 1.29 bits per heavy atom. The Hall–Kier alpha value is -2.08. The lowest BCUT2D eigenvalue weighted by Gasteiger charge is -2.15. The minimum absolute atomic E-state index is 0.0684. The lowest BCUT2D eigenvalue weighted by molar-refractivity contribution is 0.0950. The number of nitrogens with one attached hydrogen (secondary N) is 3. The Balaban J connectivity index is 1.58. The van der Waals surface area contributed by atoms with Crippen molar-refractivity contribution < 1.29 is 9.59 Å². The zero-order valence-corrected chi connectivity index (χ0v) is 11.9. The lowest BCUT2D eigenvalue weighted by atomic mass is 10.1. The average molecular weight is 288 g/mol. The summed E-state index contributed by atoms with van der Waals surface area (Å²) in [6.07, 6.45) is 2.29. The number of rotatable bonds is 4. The third kappa shape index (κ3) is 3.16. The third-order valence-corrected chi connectivity index (χ3v) is 3.97. The zero-order chi connectivity index (χ0) is 14.7. The van der Waals surface area contributed by atoms with E-state index in [-0.39, 0.29) is 11.9 Å². The van der Waals surface area contributed by atoms with Gasteiger partial charge in [-0.25, -0.2) is 4.79 Å². The molecule has 0 aliphatic carbocycles. The van der Waals surface area contributed by atoms with Crippen LogP contribution >= 0.6 is 0 Å². The minimum Gasteiger partial charge on any atom is -0.350 e. The van der Waals surface area contributed by atoms with E-state index in [0.717, 1.165) is 18.7 Å². The highest BCUT2D eigenvalue weighted by atomic mass is 16.2. The molecule has 21 heavy (non-hydrogen) atoms. The number of hydrogen-bond donors (Lipinski definition) is 3. The van der Waals surface area contributed by atoms with E-state index in [1.807, 2.05) is 12.1 Å². The van der Waals surface area contributed by atoms with Gasteiger partial charge in [0.1, 0.15) is 0 Å². The van der Waals surface area contributed by atoms with Crippen LogP contribution < -0.4 is 20.9 Å². The molecule has 0 spiro atoms. The molecule has 2 saturated heterocycles. The summed E-state index contributed by atoms with van der Waals surface area (Å²) in [5.41, 5.74) is 1.44. The molecule has 0 bridgehead atoms. The van der Waals surface area contributed by atoms with Crippen LogP contribution in [0.15, 0.2) is 24.3 Å². The molecule has 1 atom stereocenters. The van der Waals surface area contributed by atoms with Gasteiger partial charge in [-0.1, -0.05) is 0 Å². The molecule has 3 N–H and O–H groups in total. The van der Waals surface area contributed by atoms with Gasteiger partial charge < -0.3 is 16.0 Å². The summed E-state index contributed by atoms with van der Waals surface area (Å²) in [7, 11) is 0. The maximum Gasteiger partial charge on any atom is 0.321 e. The van der Waals surface area contributed by atoms with Crippen LogP contribution in [0, 0.1) is 0 Å². The van der Waals surface area contributed by atoms with Gasteiger partial charge in [0, 0.05) is 36.9 Å². The van der Waals surface area contributed by atoms with Crippen molar-refractivity contribution in [2.45, 2.75) is 18.9 Å². The molecular formula is C15H20N4O2. The Morgan fingerprint density at radius 2 is 2.10 bits per heavy atom. The number of carbonyl (C=O) groups excluding carboxylic acids is 2. The maximum absolute atomic E-state index is 12.1. The van der Waals surface area contributed by atoms with Gasteiger partial charge in [-0.05, 0) is 43.7 Å². The van der Waals surface area contributed by atoms with E-state index < -0.39 is 0 Å². The molecule has 2 aliphatic rings. The van der Waals surface area contributed by atoms with Crippen LogP contribution in [0.3, 0.4) is 0 Å². The van der Waals surface area contributed by atoms with Gasteiger partial charge in [-0.2, -0.15) is 0 Å². The maximum atomic E-state index is 12.1. The first-order valence-electron chi connectivity index (χ1n) is 7.41. The molecule has 1 unspecified atom stereocenters. The van der Waals surface area contributed by atoms with Crippen LogP contribution in [0.1, 0.15) is 23.2 Å². The van der Waals surface area contributed by atoms with Gasteiger partial charge >= 0.3 is 6.03 Å². The Bertz CT molecular complexity index is 523. The lowest BCUT2D eigenvalue weighted by Crippen LogP contribution is -2.37. The van der Waals surface area contributed by atoms with Crippen LogP contribution in [-0.4, -0.2) is 44.2 Å². The average Bonchev–Trinajstić information content (AvgIpc) is 3.16. The summed E-state index contributed by atoms with van der Waals surface area (Å²) in [5, 5.41) is 9.05. The molecule has 0 saturated carbocycles. The number of hydrogen-bond acceptors (Lipinski definition) is 3. The SMILES string of the molecule is O=C(NCC1CCCN1)c1ccc(N2CCNC2=O)cc1. The van der Waals surface area contributed by atoms with Gasteiger partial charge in [0.2, 0.25) is 0 Å². The fraction of sp³-hybridized carbons (Fsp3) is 0.467. The minimum atomic E-state index is -0.0838. The van der Waals surface area contributed by atoms with Crippen LogP contribution in [-0.2, 0) is 0 Å². The highest BCUT2D eigenvalue weighted by Crippen LogP contribution is 2.17. The quantitative estimate of drug-likeness (QED) is 0.763. The summed E-state index contributed by atoms with van der Waals surface area (Å²) in [6, 6.07) is 7.46. The fourth-order valence-corrected chi connectivity index (χ4v) is 2.76. The first-order valence-corrected chi connectivity index (χ1v) is 7.41. The van der Waals surface area contributed by atoms with Crippen molar-refractivity contribution in [3.63, 3.8) is 0 Å². The summed E-state index contributed by atoms with van der Waals surface area (Å²) < 4.78 is 0. The Morgan fingerprint density at radius 3 is 2.71 bits per heavy atom. The van der Waals surface area contributed by atoms with Gasteiger partial charge in [-0.3, -0.25) is 9.69 Å². The second-order valence-corrected chi connectivity index (χ2v) is 5.43. The van der Waals surface area contributed by atoms with Crippen LogP contribution in [0.2, 0.25) is 0 Å². The normalized spacial score (nSPS) is 21.4. The molecule has 3 rings (SSSR count). The number of urea groups is 1. The van der Waals surface area contributed by atoms with E-state index in [1.165, 1.54) is 6.42 Å². The van der Waals surface area contributed by atoms with E-state index in [2.05, 4.69) is 16.0 Å². The first kappa shape index (κ1) is 13.9. The van der Waals surface area contributed by atoms with Gasteiger partial charge in [0.25, 0.3) is 5.91 Å². The summed E-state index contributed by atoms with van der Waals surface area (Å²) in [6.45, 7) is 3.02. The smallest absolute Gasteiger partial charge is 0.321 e. The molecule has 3 amide bonds. The molecule has 2 fully saturated rings. The van der Waals surface area contributed by atoms with Crippen molar-refractivity contribution >= 4 is 17.6 Å². The number of carbonyl (C=O) groups is 2. The standard InChI is InChI=1S/C15H20N4O2/c20-14(18-10-12-2-1-7-16-12)11-3-5-13(6-4-11)19-9-8-17-15(19)21/h3-6,12,16H,1-2,7-10H2,(H,17,21)(H,18,20). The molecule has 2 heterocycles. The van der Waals surface area contributed by atoms with Crippen molar-refractivity contribution in [2.24, 2.45) is 0 Å². The molecule has 112 valence electrons. The van der Waals surface area contributed by atoms with E-state index >= 15 is 0 Å². The zero-order valence-electron chi connectivity index (χ0n) is 11.9. The number of anilines is 1. The highest BCUT2D eigenvalue weighted by Gasteiger charge is 2.21. The van der Waals surface area contributed by atoms with Crippen molar-refractivity contribution in [2.75, 3.05) is 31.1 Å². The molecule has 2 aliphatic heterocycles. The summed E-state index contributed by atoms with van der Waals surface area (Å²) in [4.78, 5) is 25.3. The molecule has 0 aromatic heterocycles. The van der Waals surface area contributed by atoms with Gasteiger partial charge in [-0.15, -0.1) is 0 Å². The van der Waals surface area contributed by atoms with Crippen LogP contribution in [0.5, 0.6) is 0 Å².